The van der Waals surface area contributed by atoms with Crippen LogP contribution in [-0.4, -0.2) is 44.8 Å². The smallest absolute Gasteiger partial charge is 0.337 e. The Labute approximate surface area is 179 Å². The van der Waals surface area contributed by atoms with Crippen LogP contribution in [0.5, 0.6) is 0 Å². The molecular formula is C21H22F2N2O5S. The van der Waals surface area contributed by atoms with Crippen LogP contribution in [0.3, 0.4) is 0 Å². The molecule has 0 aromatic heterocycles. The van der Waals surface area contributed by atoms with Gasteiger partial charge in [0.15, 0.2) is 11.6 Å². The van der Waals surface area contributed by atoms with Gasteiger partial charge in [-0.05, 0) is 48.7 Å². The van der Waals surface area contributed by atoms with Gasteiger partial charge >= 0.3 is 5.97 Å². The van der Waals surface area contributed by atoms with E-state index in [-0.39, 0.29) is 36.4 Å². The second-order valence-corrected chi connectivity index (χ2v) is 9.10. The number of hydrogen-bond donors (Lipinski definition) is 1. The zero-order valence-electron chi connectivity index (χ0n) is 16.8. The number of methoxy groups -OCH3 is 1. The topological polar surface area (TPSA) is 92.8 Å². The van der Waals surface area contributed by atoms with Gasteiger partial charge < -0.3 is 10.1 Å². The number of nitrogens with zero attached hydrogens (tertiary/aromatic N) is 1. The summed E-state index contributed by atoms with van der Waals surface area (Å²) in [5.74, 6) is -3.34. The van der Waals surface area contributed by atoms with Gasteiger partial charge in [-0.15, -0.1) is 0 Å². The molecule has 3 rings (SSSR count). The third-order valence-corrected chi connectivity index (χ3v) is 7.09. The van der Waals surface area contributed by atoms with Crippen molar-refractivity contribution in [3.8, 4) is 0 Å². The van der Waals surface area contributed by atoms with E-state index < -0.39 is 27.6 Å². The van der Waals surface area contributed by atoms with Crippen molar-refractivity contribution < 1.29 is 31.5 Å². The van der Waals surface area contributed by atoms with Crippen LogP contribution in [0.1, 0.15) is 28.8 Å². The van der Waals surface area contributed by atoms with Crippen LogP contribution >= 0.6 is 0 Å². The summed E-state index contributed by atoms with van der Waals surface area (Å²) < 4.78 is 57.6. The van der Waals surface area contributed by atoms with Gasteiger partial charge in [-0.2, -0.15) is 4.31 Å². The highest BCUT2D eigenvalue weighted by atomic mass is 32.2. The highest BCUT2D eigenvalue weighted by molar-refractivity contribution is 7.89. The van der Waals surface area contributed by atoms with E-state index in [9.17, 15) is 26.8 Å². The van der Waals surface area contributed by atoms with Gasteiger partial charge in [0.1, 0.15) is 0 Å². The van der Waals surface area contributed by atoms with E-state index in [1.807, 2.05) is 0 Å². The average molecular weight is 452 g/mol. The Bertz CT molecular complexity index is 1070. The number of piperidine rings is 1. The Hall–Kier alpha value is -2.85. The first-order valence-corrected chi connectivity index (χ1v) is 11.1. The first-order chi connectivity index (χ1) is 14.7. The molecular weight excluding hydrogens is 430 g/mol. The Kier molecular flexibility index (Phi) is 7.01. The number of nitrogens with one attached hydrogen (secondary N) is 1. The molecule has 1 fully saturated rings. The predicted octanol–water partition coefficient (Wildman–Crippen LogP) is 2.47. The van der Waals surface area contributed by atoms with Gasteiger partial charge in [0.2, 0.25) is 15.9 Å². The van der Waals surface area contributed by atoms with Crippen LogP contribution in [0.15, 0.2) is 47.4 Å². The maximum absolute atomic E-state index is 13.4. The average Bonchev–Trinajstić information content (AvgIpc) is 2.79. The molecule has 0 aliphatic carbocycles. The minimum atomic E-state index is -3.96. The fourth-order valence-electron chi connectivity index (χ4n) is 3.35. The van der Waals surface area contributed by atoms with E-state index in [2.05, 4.69) is 10.1 Å². The number of sulfonamides is 1. The van der Waals surface area contributed by atoms with Gasteiger partial charge in [-0.25, -0.2) is 22.0 Å². The molecule has 1 saturated heterocycles. The summed E-state index contributed by atoms with van der Waals surface area (Å²) in [6, 6.07) is 9.10. The lowest BCUT2D eigenvalue weighted by Crippen LogP contribution is -2.42. The monoisotopic (exact) mass is 452 g/mol. The van der Waals surface area contributed by atoms with Gasteiger partial charge in [-0.1, -0.05) is 12.1 Å². The molecule has 0 saturated carbocycles. The number of ether oxygens (including phenoxy) is 1. The molecule has 1 aliphatic rings. The Morgan fingerprint density at radius 1 is 1.06 bits per heavy atom. The number of carbonyl (C=O) groups excluding carboxylic acids is 2. The number of hydrogen-bond acceptors (Lipinski definition) is 5. The van der Waals surface area contributed by atoms with E-state index >= 15 is 0 Å². The summed E-state index contributed by atoms with van der Waals surface area (Å²) in [6.45, 7) is 0.480. The van der Waals surface area contributed by atoms with Crippen molar-refractivity contribution in [2.45, 2.75) is 24.3 Å². The first kappa shape index (κ1) is 22.8. The Morgan fingerprint density at radius 3 is 2.29 bits per heavy atom. The largest absolute Gasteiger partial charge is 0.465 e. The molecule has 0 unspecified atom stereocenters. The molecule has 0 radical (unpaired) electrons. The van der Waals surface area contributed by atoms with Crippen LogP contribution in [0.4, 0.5) is 8.78 Å². The van der Waals surface area contributed by atoms with E-state index in [0.29, 0.717) is 24.5 Å². The van der Waals surface area contributed by atoms with Crippen molar-refractivity contribution in [2.75, 3.05) is 20.2 Å². The van der Waals surface area contributed by atoms with Crippen LogP contribution in [-0.2, 0) is 26.1 Å². The second kappa shape index (κ2) is 9.52. The Balaban J connectivity index is 1.53. The van der Waals surface area contributed by atoms with Gasteiger partial charge in [0.25, 0.3) is 0 Å². The SMILES string of the molecule is COC(=O)c1ccc(CNC(=O)C2CCN(S(=O)(=O)c3ccc(F)c(F)c3)CC2)cc1. The molecule has 1 amide bonds. The third-order valence-electron chi connectivity index (χ3n) is 5.20. The molecule has 2 aromatic rings. The van der Waals surface area contributed by atoms with Crippen LogP contribution in [0, 0.1) is 17.6 Å². The molecule has 1 aliphatic heterocycles. The third kappa shape index (κ3) is 5.26. The van der Waals surface area contributed by atoms with Crippen molar-refractivity contribution in [1.29, 1.82) is 0 Å². The molecule has 1 N–H and O–H groups in total. The number of amides is 1. The van der Waals surface area contributed by atoms with Crippen molar-refractivity contribution in [1.82, 2.24) is 9.62 Å². The molecule has 10 heteroatoms. The van der Waals surface area contributed by atoms with Crippen molar-refractivity contribution >= 4 is 21.9 Å². The van der Waals surface area contributed by atoms with E-state index in [1.165, 1.54) is 11.4 Å². The summed E-state index contributed by atoms with van der Waals surface area (Å²) >= 11 is 0. The maximum atomic E-state index is 13.4. The Morgan fingerprint density at radius 2 is 1.71 bits per heavy atom. The molecule has 0 atom stereocenters. The van der Waals surface area contributed by atoms with Crippen molar-refractivity contribution in [3.05, 3.63) is 65.2 Å². The number of esters is 1. The maximum Gasteiger partial charge on any atom is 0.337 e. The highest BCUT2D eigenvalue weighted by Gasteiger charge is 2.32. The lowest BCUT2D eigenvalue weighted by atomic mass is 9.97. The zero-order valence-corrected chi connectivity index (χ0v) is 17.6. The molecule has 0 bridgehead atoms. The fourth-order valence-corrected chi connectivity index (χ4v) is 4.84. The molecule has 1 heterocycles. The highest BCUT2D eigenvalue weighted by Crippen LogP contribution is 2.25. The van der Waals surface area contributed by atoms with E-state index in [0.717, 1.165) is 17.7 Å². The normalized spacial score (nSPS) is 15.5. The lowest BCUT2D eigenvalue weighted by molar-refractivity contribution is -0.126. The number of halogens is 2. The number of carbonyl (C=O) groups is 2. The van der Waals surface area contributed by atoms with Crippen molar-refractivity contribution in [3.63, 3.8) is 0 Å². The first-order valence-electron chi connectivity index (χ1n) is 9.62. The summed E-state index contributed by atoms with van der Waals surface area (Å²) in [4.78, 5) is 23.6. The summed E-state index contributed by atoms with van der Waals surface area (Å²) in [5.41, 5.74) is 1.21. The standard InChI is InChI=1S/C21H22F2N2O5S/c1-30-21(27)16-4-2-14(3-5-16)13-24-20(26)15-8-10-25(11-9-15)31(28,29)17-6-7-18(22)19(23)12-17/h2-7,12,15H,8-11,13H2,1H3,(H,24,26). The minimum absolute atomic E-state index is 0.104. The number of benzene rings is 2. The van der Waals surface area contributed by atoms with Gasteiger partial charge in [-0.3, -0.25) is 4.79 Å². The van der Waals surface area contributed by atoms with Crippen molar-refractivity contribution in [2.24, 2.45) is 5.92 Å². The molecule has 166 valence electrons. The zero-order chi connectivity index (χ0) is 22.6. The van der Waals surface area contributed by atoms with E-state index in [1.54, 1.807) is 24.3 Å². The van der Waals surface area contributed by atoms with Crippen LogP contribution < -0.4 is 5.32 Å². The van der Waals surface area contributed by atoms with Gasteiger partial charge in [0, 0.05) is 25.6 Å². The molecule has 0 spiro atoms. The van der Waals surface area contributed by atoms with Crippen LogP contribution in [0.25, 0.3) is 0 Å². The lowest BCUT2D eigenvalue weighted by Gasteiger charge is -2.30. The quantitative estimate of drug-likeness (QED) is 0.680. The second-order valence-electron chi connectivity index (χ2n) is 7.16. The summed E-state index contributed by atoms with van der Waals surface area (Å²) in [6.07, 6.45) is 0.631. The van der Waals surface area contributed by atoms with Crippen LogP contribution in [0.2, 0.25) is 0 Å². The summed E-state index contributed by atoms with van der Waals surface area (Å²) in [5, 5.41) is 2.82. The molecule has 31 heavy (non-hydrogen) atoms. The minimum Gasteiger partial charge on any atom is -0.465 e. The number of rotatable bonds is 6. The van der Waals surface area contributed by atoms with E-state index in [4.69, 9.17) is 0 Å². The molecule has 7 nitrogen and oxygen atoms in total. The fraction of sp³-hybridized carbons (Fsp3) is 0.333. The van der Waals surface area contributed by atoms with Gasteiger partial charge in [0.05, 0.1) is 17.6 Å². The predicted molar refractivity (Wildman–Crippen MR) is 107 cm³/mol. The molecule has 2 aromatic carbocycles. The summed E-state index contributed by atoms with van der Waals surface area (Å²) in [7, 11) is -2.67.